The Morgan fingerprint density at radius 1 is 1.05 bits per heavy atom. The number of carbonyl (C=O) groups is 4. The van der Waals surface area contributed by atoms with Crippen molar-refractivity contribution < 1.29 is 56.4 Å². The number of phenols is 1. The molecule has 0 saturated carbocycles. The average Bonchev–Trinajstić information content (AvgIpc) is 2.93. The number of hydrogen-bond donors (Lipinski definition) is 5. The van der Waals surface area contributed by atoms with Crippen molar-refractivity contribution >= 4 is 23.7 Å². The molecular weight excluding hydrogens is 584 g/mol. The van der Waals surface area contributed by atoms with E-state index in [9.17, 15) is 47.0 Å². The van der Waals surface area contributed by atoms with E-state index in [1.54, 1.807) is 0 Å². The molecule has 0 radical (unpaired) electrons. The number of aromatic nitrogens is 1. The summed E-state index contributed by atoms with van der Waals surface area (Å²) in [5, 5.41) is 28.2. The molecule has 2 saturated heterocycles. The molecule has 16 heteroatoms. The van der Waals surface area contributed by atoms with Gasteiger partial charge in [-0.05, 0) is 25.5 Å². The molecule has 1 aromatic heterocycles. The molecule has 0 aliphatic carbocycles. The molecule has 12 nitrogen and oxygen atoms in total. The number of para-hydroxylation sites is 1. The second kappa shape index (κ2) is 12.9. The van der Waals surface area contributed by atoms with Gasteiger partial charge in [-0.1, -0.05) is 19.1 Å². The predicted molar refractivity (Wildman–Crippen MR) is 136 cm³/mol. The number of nitrogens with one attached hydrogen (secondary N) is 3. The van der Waals surface area contributed by atoms with Crippen LogP contribution in [0.15, 0.2) is 24.3 Å². The van der Waals surface area contributed by atoms with E-state index in [4.69, 9.17) is 9.47 Å². The van der Waals surface area contributed by atoms with E-state index in [1.165, 1.54) is 38.1 Å². The van der Waals surface area contributed by atoms with Crippen molar-refractivity contribution in [3.05, 3.63) is 58.9 Å². The summed E-state index contributed by atoms with van der Waals surface area (Å²) < 4.78 is 67.2. The molecule has 3 amide bonds. The zero-order chi connectivity index (χ0) is 31.6. The van der Waals surface area contributed by atoms with E-state index < -0.39 is 107 Å². The fourth-order valence-electron chi connectivity index (χ4n) is 4.65. The van der Waals surface area contributed by atoms with Crippen molar-refractivity contribution in [1.29, 1.82) is 0 Å². The molecule has 43 heavy (non-hydrogen) atoms. The number of aliphatic hydroxyl groups excluding tert-OH is 1. The lowest BCUT2D eigenvalue weighted by Crippen LogP contribution is -2.62. The van der Waals surface area contributed by atoms with Crippen LogP contribution < -0.4 is 16.0 Å². The zero-order valence-electron chi connectivity index (χ0n) is 22.8. The SMILES string of the molecule is CC1OC(=O)C(C2CCO2)NC(=O)C(C)C(O)C(Cc2c(F)nc(F)c(F)c2F)NC(=O)C1NC(=O)c1ccccc1O. The molecular formula is C27H28F4N4O8. The first-order valence-corrected chi connectivity index (χ1v) is 13.2. The Kier molecular flexibility index (Phi) is 9.49. The maximum atomic E-state index is 14.6. The summed E-state index contributed by atoms with van der Waals surface area (Å²) in [4.78, 5) is 55.3. The van der Waals surface area contributed by atoms with Gasteiger partial charge < -0.3 is 35.6 Å². The van der Waals surface area contributed by atoms with E-state index in [0.29, 0.717) is 6.42 Å². The third kappa shape index (κ3) is 6.69. The van der Waals surface area contributed by atoms with Crippen molar-refractivity contribution in [3.8, 4) is 5.75 Å². The third-order valence-corrected chi connectivity index (χ3v) is 7.32. The number of esters is 1. The Morgan fingerprint density at radius 3 is 2.35 bits per heavy atom. The minimum Gasteiger partial charge on any atom is -0.507 e. The van der Waals surface area contributed by atoms with Gasteiger partial charge in [0.2, 0.25) is 23.6 Å². The number of pyridine rings is 1. The Hall–Kier alpha value is -4.31. The van der Waals surface area contributed by atoms with E-state index in [0.717, 1.165) is 0 Å². The van der Waals surface area contributed by atoms with Crippen molar-refractivity contribution in [3.63, 3.8) is 0 Å². The van der Waals surface area contributed by atoms with Crippen LogP contribution in [0, 0.1) is 29.4 Å². The van der Waals surface area contributed by atoms with Crippen LogP contribution in [-0.4, -0.2) is 81.9 Å². The first-order valence-electron chi connectivity index (χ1n) is 13.2. The number of carbonyl (C=O) groups excluding carboxylic acids is 4. The predicted octanol–water partition coefficient (Wildman–Crippen LogP) is 0.386. The molecule has 5 N–H and O–H groups in total. The van der Waals surface area contributed by atoms with Crippen LogP contribution in [0.5, 0.6) is 5.75 Å². The first kappa shape index (κ1) is 31.6. The number of phenolic OH excluding ortho intramolecular Hbond substituents is 1. The minimum absolute atomic E-state index is 0.254. The maximum Gasteiger partial charge on any atom is 0.331 e. The Bertz CT molecular complexity index is 1430. The van der Waals surface area contributed by atoms with Gasteiger partial charge in [-0.3, -0.25) is 14.4 Å². The second-order valence-electron chi connectivity index (χ2n) is 10.2. The number of rotatable bonds is 5. The highest BCUT2D eigenvalue weighted by Gasteiger charge is 2.43. The standard InChI is InChI=1S/C27H28F4N4O8/c1-10-21(37)14(9-13-17(28)18(29)23(31)35-22(13)30)32-26(40)19(33-25(39)12-5-3-4-6-15(12)36)11(2)43-27(41)20(34-24(10)38)16-7-8-42-16/h3-6,10-11,14,16,19-21,36-37H,7-9H2,1-2H3,(H,32,40)(H,33,39)(H,34,38). The average molecular weight is 613 g/mol. The van der Waals surface area contributed by atoms with Gasteiger partial charge in [0.25, 0.3) is 11.9 Å². The monoisotopic (exact) mass is 612 g/mol. The van der Waals surface area contributed by atoms with Gasteiger partial charge in [-0.25, -0.2) is 9.18 Å². The summed E-state index contributed by atoms with van der Waals surface area (Å²) in [6.07, 6.45) is -4.88. The number of benzene rings is 1. The lowest BCUT2D eigenvalue weighted by Gasteiger charge is -2.37. The van der Waals surface area contributed by atoms with Crippen molar-refractivity contribution in [2.24, 2.45) is 5.92 Å². The Labute approximate surface area is 241 Å². The second-order valence-corrected chi connectivity index (χ2v) is 10.2. The molecule has 3 heterocycles. The number of ether oxygens (including phenoxy) is 2. The van der Waals surface area contributed by atoms with Gasteiger partial charge in [0.1, 0.15) is 17.9 Å². The minimum atomic E-state index is -2.10. The van der Waals surface area contributed by atoms with Crippen LogP contribution in [0.25, 0.3) is 0 Å². The van der Waals surface area contributed by atoms with Crippen LogP contribution in [0.1, 0.15) is 36.2 Å². The van der Waals surface area contributed by atoms with E-state index in [1.807, 2.05) is 0 Å². The van der Waals surface area contributed by atoms with Crippen LogP contribution in [-0.2, 0) is 30.3 Å². The summed E-state index contributed by atoms with van der Waals surface area (Å²) >= 11 is 0. The first-order chi connectivity index (χ1) is 20.3. The zero-order valence-corrected chi connectivity index (χ0v) is 22.8. The highest BCUT2D eigenvalue weighted by Crippen LogP contribution is 2.23. The van der Waals surface area contributed by atoms with E-state index >= 15 is 0 Å². The van der Waals surface area contributed by atoms with Crippen molar-refractivity contribution in [2.75, 3.05) is 6.61 Å². The van der Waals surface area contributed by atoms with Gasteiger partial charge in [0.15, 0.2) is 11.9 Å². The maximum absolute atomic E-state index is 14.6. The molecule has 4 rings (SSSR count). The molecule has 2 aliphatic heterocycles. The third-order valence-electron chi connectivity index (χ3n) is 7.32. The van der Waals surface area contributed by atoms with Crippen LogP contribution in [0.2, 0.25) is 0 Å². The molecule has 232 valence electrons. The van der Waals surface area contributed by atoms with Crippen molar-refractivity contribution in [1.82, 2.24) is 20.9 Å². The van der Waals surface area contributed by atoms with Gasteiger partial charge in [-0.2, -0.15) is 18.2 Å². The Morgan fingerprint density at radius 2 is 1.72 bits per heavy atom. The molecule has 2 aromatic rings. The van der Waals surface area contributed by atoms with Gasteiger partial charge in [0, 0.05) is 18.6 Å². The summed E-state index contributed by atoms with van der Waals surface area (Å²) in [7, 11) is 0. The molecule has 1 aromatic carbocycles. The summed E-state index contributed by atoms with van der Waals surface area (Å²) in [6.45, 7) is 2.69. The molecule has 2 aliphatic rings. The van der Waals surface area contributed by atoms with Crippen molar-refractivity contribution in [2.45, 2.75) is 63.1 Å². The van der Waals surface area contributed by atoms with Crippen LogP contribution in [0.3, 0.4) is 0 Å². The smallest absolute Gasteiger partial charge is 0.331 e. The quantitative estimate of drug-likeness (QED) is 0.182. The number of hydrogen-bond acceptors (Lipinski definition) is 9. The summed E-state index contributed by atoms with van der Waals surface area (Å²) in [6, 6.07) is 0.430. The van der Waals surface area contributed by atoms with Crippen LogP contribution >= 0.6 is 0 Å². The van der Waals surface area contributed by atoms with E-state index in [2.05, 4.69) is 20.9 Å². The highest BCUT2D eigenvalue weighted by atomic mass is 19.2. The lowest BCUT2D eigenvalue weighted by molar-refractivity contribution is -0.166. The van der Waals surface area contributed by atoms with Gasteiger partial charge >= 0.3 is 5.97 Å². The largest absolute Gasteiger partial charge is 0.507 e. The number of nitrogens with zero attached hydrogens (tertiary/aromatic N) is 1. The number of cyclic esters (lactones) is 1. The lowest BCUT2D eigenvalue weighted by atomic mass is 9.91. The number of aromatic hydroxyl groups is 1. The van der Waals surface area contributed by atoms with Gasteiger partial charge in [0.05, 0.1) is 29.7 Å². The molecule has 7 atom stereocenters. The molecule has 0 spiro atoms. The number of aliphatic hydroxyl groups is 1. The molecule has 7 unspecified atom stereocenters. The summed E-state index contributed by atoms with van der Waals surface area (Å²) in [5.41, 5.74) is -1.40. The Balaban J connectivity index is 1.73. The van der Waals surface area contributed by atoms with Gasteiger partial charge in [-0.15, -0.1) is 0 Å². The highest BCUT2D eigenvalue weighted by molar-refractivity contribution is 6.00. The molecule has 2 fully saturated rings. The fourth-order valence-corrected chi connectivity index (χ4v) is 4.65. The number of halogens is 4. The molecule has 0 bridgehead atoms. The fraction of sp³-hybridized carbons (Fsp3) is 0.444. The number of amides is 3. The normalized spacial score (nSPS) is 28.3. The topological polar surface area (TPSA) is 176 Å². The van der Waals surface area contributed by atoms with Crippen LogP contribution in [0.4, 0.5) is 17.6 Å². The summed E-state index contributed by atoms with van der Waals surface area (Å²) in [5.74, 6) is -13.9. The van der Waals surface area contributed by atoms with E-state index in [-0.39, 0.29) is 12.2 Å².